The zero-order valence-electron chi connectivity index (χ0n) is 10.2. The van der Waals surface area contributed by atoms with Crippen molar-refractivity contribution in [1.82, 2.24) is 10.3 Å². The molecule has 2 rings (SSSR count). The maximum absolute atomic E-state index is 11.9. The van der Waals surface area contributed by atoms with E-state index in [1.54, 1.807) is 11.8 Å². The van der Waals surface area contributed by atoms with Gasteiger partial charge in [0.25, 0.3) is 0 Å². The second-order valence-corrected chi connectivity index (χ2v) is 5.08. The number of thioether (sulfide) groups is 1. The van der Waals surface area contributed by atoms with Gasteiger partial charge in [0, 0.05) is 17.7 Å². The second-order valence-electron chi connectivity index (χ2n) is 4.05. The first-order valence-corrected chi connectivity index (χ1v) is 6.87. The molecule has 5 nitrogen and oxygen atoms in total. The van der Waals surface area contributed by atoms with Gasteiger partial charge in [-0.2, -0.15) is 13.2 Å². The van der Waals surface area contributed by atoms with Crippen LogP contribution in [0.4, 0.5) is 18.9 Å². The van der Waals surface area contributed by atoms with Crippen molar-refractivity contribution in [3.63, 3.8) is 0 Å². The first-order chi connectivity index (χ1) is 9.44. The first-order valence-electron chi connectivity index (χ1n) is 5.72. The number of pyridine rings is 1. The minimum atomic E-state index is -4.40. The Morgan fingerprint density at radius 3 is 2.90 bits per heavy atom. The molecule has 1 atom stereocenters. The summed E-state index contributed by atoms with van der Waals surface area (Å²) in [7, 11) is 0. The number of nitrogens with zero attached hydrogens (tertiary/aromatic N) is 1. The Morgan fingerprint density at radius 2 is 2.35 bits per heavy atom. The molecule has 1 aromatic heterocycles. The zero-order valence-corrected chi connectivity index (χ0v) is 11.1. The third-order valence-electron chi connectivity index (χ3n) is 2.42. The number of carbonyl (C=O) groups excluding carboxylic acids is 1. The van der Waals surface area contributed by atoms with Crippen molar-refractivity contribution < 1.29 is 22.7 Å². The van der Waals surface area contributed by atoms with Crippen molar-refractivity contribution >= 4 is 23.4 Å². The maximum Gasteiger partial charge on any atom is 0.422 e. The molecule has 1 amide bonds. The lowest BCUT2D eigenvalue weighted by atomic mass is 10.3. The summed E-state index contributed by atoms with van der Waals surface area (Å²) in [4.78, 5) is 15.5. The van der Waals surface area contributed by atoms with Crippen LogP contribution in [0.1, 0.15) is 0 Å². The number of hydrogen-bond donors (Lipinski definition) is 2. The highest BCUT2D eigenvalue weighted by atomic mass is 32.2. The summed E-state index contributed by atoms with van der Waals surface area (Å²) in [6.07, 6.45) is -3.15. The van der Waals surface area contributed by atoms with Crippen LogP contribution in [0.3, 0.4) is 0 Å². The Morgan fingerprint density at radius 1 is 1.55 bits per heavy atom. The number of nitrogens with one attached hydrogen (secondary N) is 2. The lowest BCUT2D eigenvalue weighted by Crippen LogP contribution is -2.37. The minimum absolute atomic E-state index is 0.144. The van der Waals surface area contributed by atoms with Gasteiger partial charge >= 0.3 is 6.18 Å². The highest BCUT2D eigenvalue weighted by Gasteiger charge is 2.28. The molecule has 9 heteroatoms. The summed E-state index contributed by atoms with van der Waals surface area (Å²) >= 11 is 1.62. The number of halogens is 3. The van der Waals surface area contributed by atoms with E-state index in [9.17, 15) is 18.0 Å². The normalized spacial score (nSPS) is 18.9. The first kappa shape index (κ1) is 14.9. The molecule has 1 aromatic rings. The van der Waals surface area contributed by atoms with E-state index in [0.717, 1.165) is 5.88 Å². The average molecular weight is 307 g/mol. The van der Waals surface area contributed by atoms with Crippen molar-refractivity contribution in [3.05, 3.63) is 18.3 Å². The molecule has 20 heavy (non-hydrogen) atoms. The highest BCUT2D eigenvalue weighted by molar-refractivity contribution is 7.99. The molecule has 0 bridgehead atoms. The number of alkyl halides is 3. The Labute approximate surface area is 117 Å². The van der Waals surface area contributed by atoms with E-state index in [1.807, 2.05) is 0 Å². The van der Waals surface area contributed by atoms with Crippen molar-refractivity contribution in [2.45, 2.75) is 12.2 Å². The third-order valence-corrected chi connectivity index (χ3v) is 3.36. The van der Waals surface area contributed by atoms with E-state index in [1.165, 1.54) is 18.3 Å². The molecular formula is C11H12F3N3O2S. The number of ether oxygens (including phenoxy) is 1. The number of amides is 1. The van der Waals surface area contributed by atoms with E-state index in [-0.39, 0.29) is 17.8 Å². The van der Waals surface area contributed by atoms with E-state index in [4.69, 9.17) is 0 Å². The highest BCUT2D eigenvalue weighted by Crippen LogP contribution is 2.18. The van der Waals surface area contributed by atoms with Gasteiger partial charge in [0.2, 0.25) is 11.8 Å². The molecule has 1 unspecified atom stereocenters. The van der Waals surface area contributed by atoms with Crippen LogP contribution in [0.2, 0.25) is 0 Å². The standard InChI is InChI=1S/C11H12F3N3O2S/c12-11(13,14)5-19-9-2-1-7(3-15-9)17-10(18)8-4-20-6-16-8/h1-3,8,16H,4-6H2,(H,17,18). The molecule has 0 aromatic carbocycles. The summed E-state index contributed by atoms with van der Waals surface area (Å²) in [5, 5.41) is 5.63. The Balaban J connectivity index is 1.86. The molecule has 2 N–H and O–H groups in total. The summed E-state index contributed by atoms with van der Waals surface area (Å²) < 4.78 is 40.3. The molecule has 1 saturated heterocycles. The van der Waals surface area contributed by atoms with Gasteiger partial charge in [-0.3, -0.25) is 10.1 Å². The molecule has 110 valence electrons. The average Bonchev–Trinajstić information content (AvgIpc) is 2.91. The lowest BCUT2D eigenvalue weighted by Gasteiger charge is -2.11. The summed E-state index contributed by atoms with van der Waals surface area (Å²) in [6, 6.07) is 2.46. The summed E-state index contributed by atoms with van der Waals surface area (Å²) in [6.45, 7) is -1.39. The third kappa shape index (κ3) is 4.57. The maximum atomic E-state index is 11.9. The molecule has 0 aliphatic carbocycles. The van der Waals surface area contributed by atoms with Gasteiger partial charge in [-0.1, -0.05) is 0 Å². The molecular weight excluding hydrogens is 295 g/mol. The van der Waals surface area contributed by atoms with Crippen LogP contribution < -0.4 is 15.4 Å². The van der Waals surface area contributed by atoms with Gasteiger partial charge < -0.3 is 10.1 Å². The van der Waals surface area contributed by atoms with Gasteiger partial charge in [-0.15, -0.1) is 11.8 Å². The van der Waals surface area contributed by atoms with Crippen LogP contribution in [-0.2, 0) is 4.79 Å². The molecule has 2 heterocycles. The molecule has 0 saturated carbocycles. The van der Waals surface area contributed by atoms with Crippen molar-refractivity contribution in [3.8, 4) is 5.88 Å². The predicted molar refractivity (Wildman–Crippen MR) is 68.7 cm³/mol. The molecule has 0 radical (unpaired) electrons. The smallest absolute Gasteiger partial charge is 0.422 e. The van der Waals surface area contributed by atoms with Crippen molar-refractivity contribution in [2.75, 3.05) is 23.6 Å². The molecule has 1 aliphatic rings. The van der Waals surface area contributed by atoms with Crippen LogP contribution in [0, 0.1) is 0 Å². The van der Waals surface area contributed by atoms with Crippen LogP contribution in [0.5, 0.6) is 5.88 Å². The van der Waals surface area contributed by atoms with Gasteiger partial charge in [0.15, 0.2) is 6.61 Å². The van der Waals surface area contributed by atoms with Crippen molar-refractivity contribution in [2.24, 2.45) is 0 Å². The largest absolute Gasteiger partial charge is 0.468 e. The van der Waals surface area contributed by atoms with Gasteiger partial charge in [-0.05, 0) is 6.07 Å². The van der Waals surface area contributed by atoms with Gasteiger partial charge in [-0.25, -0.2) is 4.98 Å². The van der Waals surface area contributed by atoms with Gasteiger partial charge in [0.05, 0.1) is 17.9 Å². The van der Waals surface area contributed by atoms with Crippen molar-refractivity contribution in [1.29, 1.82) is 0 Å². The SMILES string of the molecule is O=C(Nc1ccc(OCC(F)(F)F)nc1)C1CSCN1. The summed E-state index contributed by atoms with van der Waals surface area (Å²) in [5.41, 5.74) is 0.410. The Bertz CT molecular complexity index is 461. The Hall–Kier alpha value is -1.48. The lowest BCUT2D eigenvalue weighted by molar-refractivity contribution is -0.154. The van der Waals surface area contributed by atoms with E-state index in [0.29, 0.717) is 11.4 Å². The topological polar surface area (TPSA) is 63.2 Å². The fraction of sp³-hybridized carbons (Fsp3) is 0.455. The minimum Gasteiger partial charge on any atom is -0.468 e. The van der Waals surface area contributed by atoms with E-state index >= 15 is 0 Å². The summed E-state index contributed by atoms with van der Waals surface area (Å²) in [5.74, 6) is 1.07. The number of carbonyl (C=O) groups is 1. The Kier molecular flexibility index (Phi) is 4.71. The van der Waals surface area contributed by atoms with E-state index in [2.05, 4.69) is 20.4 Å². The predicted octanol–water partition coefficient (Wildman–Crippen LogP) is 1.62. The second kappa shape index (κ2) is 6.31. The number of aromatic nitrogens is 1. The molecule has 1 aliphatic heterocycles. The van der Waals surface area contributed by atoms with Crippen LogP contribution >= 0.6 is 11.8 Å². The number of hydrogen-bond acceptors (Lipinski definition) is 5. The fourth-order valence-corrected chi connectivity index (χ4v) is 2.43. The number of anilines is 1. The monoisotopic (exact) mass is 307 g/mol. The van der Waals surface area contributed by atoms with E-state index < -0.39 is 12.8 Å². The fourth-order valence-electron chi connectivity index (χ4n) is 1.49. The zero-order chi connectivity index (χ0) is 14.6. The van der Waals surface area contributed by atoms with Crippen LogP contribution in [0.15, 0.2) is 18.3 Å². The quantitative estimate of drug-likeness (QED) is 0.885. The molecule has 0 spiro atoms. The van der Waals surface area contributed by atoms with Gasteiger partial charge in [0.1, 0.15) is 0 Å². The molecule has 1 fully saturated rings. The van der Waals surface area contributed by atoms with Crippen LogP contribution in [0.25, 0.3) is 0 Å². The van der Waals surface area contributed by atoms with Crippen LogP contribution in [-0.4, -0.2) is 41.3 Å². The number of rotatable bonds is 4.